The maximum Gasteiger partial charge on any atom is 0.220 e. The Morgan fingerprint density at radius 1 is 1.08 bits per heavy atom. The highest BCUT2D eigenvalue weighted by Gasteiger charge is 2.48. The zero-order valence-corrected chi connectivity index (χ0v) is 22.1. The van der Waals surface area contributed by atoms with E-state index in [1.165, 1.54) is 37.8 Å². The van der Waals surface area contributed by atoms with Crippen LogP contribution in [-0.4, -0.2) is 48.8 Å². The molecule has 3 fully saturated rings. The number of rotatable bonds is 10. The molecule has 3 aliphatic rings. The minimum Gasteiger partial charge on any atom is -0.349 e. The number of hydrogen-bond donors (Lipinski definition) is 2. The van der Waals surface area contributed by atoms with E-state index in [9.17, 15) is 14.0 Å². The first kappa shape index (κ1) is 26.3. The summed E-state index contributed by atoms with van der Waals surface area (Å²) in [5.74, 6) is 0.430. The molecule has 1 amide bonds. The van der Waals surface area contributed by atoms with Crippen LogP contribution in [0.3, 0.4) is 0 Å². The Hall–Kier alpha value is -2.28. The zero-order valence-electron chi connectivity index (χ0n) is 21.3. The first-order valence-corrected chi connectivity index (χ1v) is 14.2. The summed E-state index contributed by atoms with van der Waals surface area (Å²) in [6, 6.07) is 13.9. The smallest absolute Gasteiger partial charge is 0.220 e. The van der Waals surface area contributed by atoms with Gasteiger partial charge in [0.1, 0.15) is 5.82 Å². The molecule has 5 rings (SSSR count). The number of nitrogens with zero attached hydrogens (tertiary/aromatic N) is 1. The minimum absolute atomic E-state index is 0.00783. The fraction of sp³-hybridized carbons (Fsp3) is 0.533. The third kappa shape index (κ3) is 6.08. The van der Waals surface area contributed by atoms with Crippen molar-refractivity contribution in [2.45, 2.75) is 57.0 Å². The Balaban J connectivity index is 1.29. The van der Waals surface area contributed by atoms with E-state index in [1.54, 1.807) is 6.07 Å². The number of Topliss-reactive ketones (excluding diaryl/α,β-unsaturated/α-hetero) is 1. The second-order valence-corrected chi connectivity index (χ2v) is 11.4. The standard InChI is InChI=1S/C30H37ClFN3O2/c31-24-11-6-12-25(32)28(24)30(37)29-23-18-33-17-22(23)19-35(29)16-15-26(21-9-2-1-3-10-21)34-27(36)14-13-20-7-4-5-8-20/h1-3,6,9-12,20,22-23,26,29,33H,4-5,7-8,13-19H2,(H,34,36)/t22?,23-,26?,29+/m1/s1. The van der Waals surface area contributed by atoms with Crippen LogP contribution in [0.4, 0.5) is 4.39 Å². The zero-order chi connectivity index (χ0) is 25.8. The van der Waals surface area contributed by atoms with Gasteiger partial charge in [0, 0.05) is 26.1 Å². The molecule has 0 aromatic heterocycles. The van der Waals surface area contributed by atoms with Crippen molar-refractivity contribution in [3.8, 4) is 0 Å². The van der Waals surface area contributed by atoms with Crippen molar-refractivity contribution in [1.29, 1.82) is 0 Å². The molecule has 2 saturated heterocycles. The van der Waals surface area contributed by atoms with E-state index >= 15 is 0 Å². The number of fused-ring (bicyclic) bond motifs is 1. The predicted molar refractivity (Wildman–Crippen MR) is 144 cm³/mol. The van der Waals surface area contributed by atoms with Gasteiger partial charge in [-0.15, -0.1) is 0 Å². The van der Waals surface area contributed by atoms with Gasteiger partial charge in [-0.25, -0.2) is 4.39 Å². The Bertz CT molecular complexity index is 1070. The fourth-order valence-electron chi connectivity index (χ4n) is 6.68. The molecule has 0 radical (unpaired) electrons. The normalized spacial score (nSPS) is 24.8. The van der Waals surface area contributed by atoms with Gasteiger partial charge in [-0.1, -0.05) is 73.7 Å². The molecule has 2 heterocycles. The number of halogens is 2. The number of carbonyl (C=O) groups excluding carboxylic acids is 2. The predicted octanol–water partition coefficient (Wildman–Crippen LogP) is 5.40. The van der Waals surface area contributed by atoms with E-state index in [0.717, 1.165) is 31.6 Å². The maximum atomic E-state index is 14.7. The van der Waals surface area contributed by atoms with Gasteiger partial charge in [-0.2, -0.15) is 0 Å². The lowest BCUT2D eigenvalue weighted by molar-refractivity contribution is -0.122. The van der Waals surface area contributed by atoms with E-state index < -0.39 is 11.9 Å². The lowest BCUT2D eigenvalue weighted by atomic mass is 9.89. The van der Waals surface area contributed by atoms with E-state index in [1.807, 2.05) is 30.3 Å². The van der Waals surface area contributed by atoms with Gasteiger partial charge in [0.2, 0.25) is 5.91 Å². The highest BCUT2D eigenvalue weighted by Crippen LogP contribution is 2.37. The van der Waals surface area contributed by atoms with Crippen LogP contribution in [0.25, 0.3) is 0 Å². The summed E-state index contributed by atoms with van der Waals surface area (Å²) >= 11 is 6.29. The average molecular weight is 526 g/mol. The number of carbonyl (C=O) groups is 2. The molecule has 2 aliphatic heterocycles. The van der Waals surface area contributed by atoms with Crippen LogP contribution in [0.15, 0.2) is 48.5 Å². The highest BCUT2D eigenvalue weighted by atomic mass is 35.5. The largest absolute Gasteiger partial charge is 0.349 e. The molecular weight excluding hydrogens is 489 g/mol. The van der Waals surface area contributed by atoms with Crippen molar-refractivity contribution in [3.05, 3.63) is 70.5 Å². The lowest BCUT2D eigenvalue weighted by Crippen LogP contribution is -2.43. The number of nitrogens with one attached hydrogen (secondary N) is 2. The molecule has 2 N–H and O–H groups in total. The van der Waals surface area contributed by atoms with Crippen LogP contribution in [0, 0.1) is 23.6 Å². The van der Waals surface area contributed by atoms with Gasteiger partial charge in [0.25, 0.3) is 0 Å². The summed E-state index contributed by atoms with van der Waals surface area (Å²) in [4.78, 5) is 28.8. The summed E-state index contributed by atoms with van der Waals surface area (Å²) in [7, 11) is 0. The molecule has 5 nitrogen and oxygen atoms in total. The quantitative estimate of drug-likeness (QED) is 0.408. The maximum absolute atomic E-state index is 14.7. The Kier molecular flexibility index (Phi) is 8.58. The third-order valence-electron chi connectivity index (χ3n) is 8.63. The van der Waals surface area contributed by atoms with Crippen molar-refractivity contribution in [3.63, 3.8) is 0 Å². The van der Waals surface area contributed by atoms with Crippen molar-refractivity contribution < 1.29 is 14.0 Å². The molecule has 0 bridgehead atoms. The molecular formula is C30H37ClFN3O2. The molecule has 198 valence electrons. The van der Waals surface area contributed by atoms with Gasteiger partial charge in [-0.05, 0) is 54.8 Å². The SMILES string of the molecule is O=C(CCC1CCCC1)NC(CCN1CC2CNC[C@H]2[C@H]1C(=O)c1c(F)cccc1Cl)c1ccccc1. The first-order chi connectivity index (χ1) is 18.0. The Morgan fingerprint density at radius 3 is 2.62 bits per heavy atom. The van der Waals surface area contributed by atoms with Crippen molar-refractivity contribution in [1.82, 2.24) is 15.5 Å². The number of benzene rings is 2. The molecule has 37 heavy (non-hydrogen) atoms. The number of likely N-dealkylation sites (tertiary alicyclic amines) is 1. The lowest BCUT2D eigenvalue weighted by Gasteiger charge is -2.29. The van der Waals surface area contributed by atoms with E-state index in [0.29, 0.717) is 31.2 Å². The topological polar surface area (TPSA) is 61.4 Å². The molecule has 2 aromatic carbocycles. The van der Waals surface area contributed by atoms with Gasteiger partial charge < -0.3 is 10.6 Å². The number of amides is 1. The molecule has 2 unspecified atom stereocenters. The molecule has 4 atom stereocenters. The van der Waals surface area contributed by atoms with Crippen molar-refractivity contribution in [2.75, 3.05) is 26.2 Å². The summed E-state index contributed by atoms with van der Waals surface area (Å²) in [5.41, 5.74) is 1.06. The molecule has 0 spiro atoms. The van der Waals surface area contributed by atoms with Gasteiger partial charge >= 0.3 is 0 Å². The minimum atomic E-state index is -0.566. The van der Waals surface area contributed by atoms with Gasteiger partial charge in [0.05, 0.1) is 22.7 Å². The molecule has 1 saturated carbocycles. The van der Waals surface area contributed by atoms with Gasteiger partial charge in [0.15, 0.2) is 5.78 Å². The number of ketones is 1. The highest BCUT2D eigenvalue weighted by molar-refractivity contribution is 6.34. The van der Waals surface area contributed by atoms with E-state index in [2.05, 4.69) is 15.5 Å². The van der Waals surface area contributed by atoms with Crippen LogP contribution in [0.2, 0.25) is 5.02 Å². The van der Waals surface area contributed by atoms with Crippen LogP contribution < -0.4 is 10.6 Å². The molecule has 1 aliphatic carbocycles. The monoisotopic (exact) mass is 525 g/mol. The summed E-state index contributed by atoms with van der Waals surface area (Å²) in [6.45, 7) is 3.01. The first-order valence-electron chi connectivity index (χ1n) is 13.8. The Labute approximate surface area is 224 Å². The van der Waals surface area contributed by atoms with Crippen LogP contribution in [-0.2, 0) is 4.79 Å². The summed E-state index contributed by atoms with van der Waals surface area (Å²) < 4.78 is 14.7. The van der Waals surface area contributed by atoms with Crippen LogP contribution >= 0.6 is 11.6 Å². The van der Waals surface area contributed by atoms with Gasteiger partial charge in [-0.3, -0.25) is 14.5 Å². The average Bonchev–Trinajstić information content (AvgIpc) is 3.64. The number of hydrogen-bond acceptors (Lipinski definition) is 4. The second-order valence-electron chi connectivity index (χ2n) is 11.0. The van der Waals surface area contributed by atoms with Crippen LogP contribution in [0.5, 0.6) is 0 Å². The molecule has 7 heteroatoms. The summed E-state index contributed by atoms with van der Waals surface area (Å²) in [5, 5.41) is 6.85. The van der Waals surface area contributed by atoms with Crippen LogP contribution in [0.1, 0.15) is 66.9 Å². The fourth-order valence-corrected chi connectivity index (χ4v) is 6.94. The van der Waals surface area contributed by atoms with Crippen molar-refractivity contribution >= 4 is 23.3 Å². The third-order valence-corrected chi connectivity index (χ3v) is 8.95. The Morgan fingerprint density at radius 2 is 1.86 bits per heavy atom. The van der Waals surface area contributed by atoms with Crippen molar-refractivity contribution in [2.24, 2.45) is 17.8 Å². The van der Waals surface area contributed by atoms with E-state index in [-0.39, 0.29) is 34.2 Å². The van der Waals surface area contributed by atoms with E-state index in [4.69, 9.17) is 11.6 Å². The summed E-state index contributed by atoms with van der Waals surface area (Å²) in [6.07, 6.45) is 7.23. The molecule has 2 aromatic rings. The second kappa shape index (κ2) is 12.1.